The molecule has 1 aliphatic heterocycles. The average molecular weight is 295 g/mol. The number of carboxylic acid groups (broad SMARTS) is 1. The molecule has 8 heteroatoms. The number of carboxylic acids is 1. The molecule has 2 heterocycles. The van der Waals surface area contributed by atoms with Crippen molar-refractivity contribution in [1.82, 2.24) is 25.6 Å². The maximum Gasteiger partial charge on any atom is 0.325 e. The highest BCUT2D eigenvalue weighted by atomic mass is 16.4. The van der Waals surface area contributed by atoms with Gasteiger partial charge in [0.1, 0.15) is 12.2 Å². The van der Waals surface area contributed by atoms with Crippen LogP contribution in [0, 0.1) is 5.92 Å². The Bertz CT molecular complexity index is 482. The monoisotopic (exact) mass is 295 g/mol. The lowest BCUT2D eigenvalue weighted by molar-refractivity contribution is -0.138. The highest BCUT2D eigenvalue weighted by molar-refractivity contribution is 5.75. The van der Waals surface area contributed by atoms with Crippen LogP contribution in [0.15, 0.2) is 6.20 Å². The largest absolute Gasteiger partial charge is 0.480 e. The van der Waals surface area contributed by atoms with Crippen molar-refractivity contribution in [2.45, 2.75) is 38.8 Å². The number of nitrogens with one attached hydrogen (secondary N) is 2. The number of amides is 1. The molecule has 1 atom stereocenters. The zero-order chi connectivity index (χ0) is 15.1. The van der Waals surface area contributed by atoms with Crippen molar-refractivity contribution in [2.24, 2.45) is 5.92 Å². The molecule has 0 radical (unpaired) electrons. The van der Waals surface area contributed by atoms with Crippen molar-refractivity contribution < 1.29 is 14.7 Å². The molecule has 0 aromatic carbocycles. The van der Waals surface area contributed by atoms with Crippen LogP contribution in [0.25, 0.3) is 0 Å². The fourth-order valence-electron chi connectivity index (χ4n) is 2.42. The standard InChI is InChI=1S/C13H21N5O3/c19-12(4-3-10-2-1-5-14-6-10)15-7-11-8-18(17-16-11)9-13(20)21/h8,10,14H,1-7,9H2,(H,15,19)(H,20,21). The lowest BCUT2D eigenvalue weighted by atomic mass is 9.94. The van der Waals surface area contributed by atoms with Gasteiger partial charge in [0.15, 0.2) is 0 Å². The van der Waals surface area contributed by atoms with E-state index in [-0.39, 0.29) is 19.0 Å². The molecular formula is C13H21N5O3. The molecule has 1 unspecified atom stereocenters. The molecule has 21 heavy (non-hydrogen) atoms. The summed E-state index contributed by atoms with van der Waals surface area (Å²) in [7, 11) is 0. The van der Waals surface area contributed by atoms with Crippen molar-refractivity contribution in [1.29, 1.82) is 0 Å². The molecule has 1 fully saturated rings. The first kappa shape index (κ1) is 15.4. The Morgan fingerprint density at radius 2 is 2.38 bits per heavy atom. The first-order valence-corrected chi connectivity index (χ1v) is 7.21. The van der Waals surface area contributed by atoms with Gasteiger partial charge < -0.3 is 15.7 Å². The van der Waals surface area contributed by atoms with Crippen LogP contribution in [0.5, 0.6) is 0 Å². The third-order valence-corrected chi connectivity index (χ3v) is 3.53. The lowest BCUT2D eigenvalue weighted by Crippen LogP contribution is -2.31. The third kappa shape index (κ3) is 5.50. The predicted molar refractivity (Wildman–Crippen MR) is 74.3 cm³/mol. The van der Waals surface area contributed by atoms with Gasteiger partial charge in [-0.1, -0.05) is 5.21 Å². The minimum atomic E-state index is -0.975. The Kier molecular flexibility index (Phi) is 5.68. The van der Waals surface area contributed by atoms with E-state index in [4.69, 9.17) is 5.11 Å². The van der Waals surface area contributed by atoms with Crippen molar-refractivity contribution >= 4 is 11.9 Å². The number of aromatic nitrogens is 3. The number of piperidine rings is 1. The van der Waals surface area contributed by atoms with Crippen LogP contribution < -0.4 is 10.6 Å². The van der Waals surface area contributed by atoms with Crippen LogP contribution >= 0.6 is 0 Å². The summed E-state index contributed by atoms with van der Waals surface area (Å²) >= 11 is 0. The second-order valence-corrected chi connectivity index (χ2v) is 5.33. The van der Waals surface area contributed by atoms with E-state index in [1.165, 1.54) is 23.7 Å². The summed E-state index contributed by atoms with van der Waals surface area (Å²) in [5.74, 6) is -0.397. The van der Waals surface area contributed by atoms with Gasteiger partial charge in [0, 0.05) is 6.42 Å². The molecule has 1 amide bonds. The summed E-state index contributed by atoms with van der Waals surface area (Å²) in [6.07, 6.45) is 5.29. The van der Waals surface area contributed by atoms with E-state index in [9.17, 15) is 9.59 Å². The maximum atomic E-state index is 11.8. The number of carbonyl (C=O) groups is 2. The van der Waals surface area contributed by atoms with Gasteiger partial charge in [0.25, 0.3) is 0 Å². The SMILES string of the molecule is O=C(O)Cn1cc(CNC(=O)CCC2CCCNC2)nn1. The van der Waals surface area contributed by atoms with E-state index >= 15 is 0 Å². The zero-order valence-corrected chi connectivity index (χ0v) is 11.9. The van der Waals surface area contributed by atoms with Crippen molar-refractivity contribution in [3.8, 4) is 0 Å². The molecule has 2 rings (SSSR count). The minimum absolute atomic E-state index is 0.00615. The molecule has 1 saturated heterocycles. The summed E-state index contributed by atoms with van der Waals surface area (Å²) in [5, 5.41) is 22.2. The molecule has 3 N–H and O–H groups in total. The molecule has 8 nitrogen and oxygen atoms in total. The Labute approximate surface area is 122 Å². The topological polar surface area (TPSA) is 109 Å². The molecule has 1 aliphatic rings. The van der Waals surface area contributed by atoms with Gasteiger partial charge in [-0.05, 0) is 38.3 Å². The Hall–Kier alpha value is -1.96. The van der Waals surface area contributed by atoms with Gasteiger partial charge in [0.2, 0.25) is 5.91 Å². The Morgan fingerprint density at radius 1 is 1.52 bits per heavy atom. The summed E-state index contributed by atoms with van der Waals surface area (Å²) < 4.78 is 1.23. The summed E-state index contributed by atoms with van der Waals surface area (Å²) in [5.41, 5.74) is 0.559. The van der Waals surface area contributed by atoms with Crippen LogP contribution in [0.3, 0.4) is 0 Å². The van der Waals surface area contributed by atoms with Crippen LogP contribution in [-0.2, 0) is 22.7 Å². The smallest absolute Gasteiger partial charge is 0.325 e. The van der Waals surface area contributed by atoms with Gasteiger partial charge in [-0.2, -0.15) is 0 Å². The highest BCUT2D eigenvalue weighted by Gasteiger charge is 2.14. The summed E-state index contributed by atoms with van der Waals surface area (Å²) in [6.45, 7) is 2.13. The first-order valence-electron chi connectivity index (χ1n) is 7.21. The van der Waals surface area contributed by atoms with Crippen LogP contribution in [-0.4, -0.2) is 45.1 Å². The molecule has 0 saturated carbocycles. The van der Waals surface area contributed by atoms with Crippen molar-refractivity contribution in [3.63, 3.8) is 0 Å². The average Bonchev–Trinajstić information content (AvgIpc) is 2.91. The molecule has 1 aromatic rings. The van der Waals surface area contributed by atoms with Crippen LogP contribution in [0.4, 0.5) is 0 Å². The second-order valence-electron chi connectivity index (χ2n) is 5.33. The molecule has 1 aromatic heterocycles. The fraction of sp³-hybridized carbons (Fsp3) is 0.692. The Morgan fingerprint density at radius 3 is 3.10 bits per heavy atom. The predicted octanol–water partition coefficient (Wildman–Crippen LogP) is -0.241. The van der Waals surface area contributed by atoms with E-state index in [1.54, 1.807) is 0 Å². The summed E-state index contributed by atoms with van der Waals surface area (Å²) in [6, 6.07) is 0. The van der Waals surface area contributed by atoms with Gasteiger partial charge >= 0.3 is 5.97 Å². The van der Waals surface area contributed by atoms with E-state index < -0.39 is 5.97 Å². The second kappa shape index (κ2) is 7.72. The number of aliphatic carboxylic acids is 1. The fourth-order valence-corrected chi connectivity index (χ4v) is 2.42. The highest BCUT2D eigenvalue weighted by Crippen LogP contribution is 2.15. The number of rotatable bonds is 7. The zero-order valence-electron chi connectivity index (χ0n) is 11.9. The normalized spacial score (nSPS) is 18.4. The molecule has 116 valence electrons. The molecular weight excluding hydrogens is 274 g/mol. The number of nitrogens with zero attached hydrogens (tertiary/aromatic N) is 3. The van der Waals surface area contributed by atoms with E-state index in [2.05, 4.69) is 20.9 Å². The number of hydrogen-bond donors (Lipinski definition) is 3. The Balaban J connectivity index is 1.66. The van der Waals surface area contributed by atoms with E-state index in [1.807, 2.05) is 0 Å². The van der Waals surface area contributed by atoms with Gasteiger partial charge in [-0.25, -0.2) is 4.68 Å². The summed E-state index contributed by atoms with van der Waals surface area (Å²) in [4.78, 5) is 22.3. The molecule has 0 spiro atoms. The maximum absolute atomic E-state index is 11.8. The van der Waals surface area contributed by atoms with E-state index in [0.29, 0.717) is 18.0 Å². The van der Waals surface area contributed by atoms with E-state index in [0.717, 1.165) is 19.5 Å². The van der Waals surface area contributed by atoms with Crippen LogP contribution in [0.2, 0.25) is 0 Å². The lowest BCUT2D eigenvalue weighted by Gasteiger charge is -2.22. The molecule has 0 bridgehead atoms. The first-order chi connectivity index (χ1) is 10.1. The van der Waals surface area contributed by atoms with Crippen molar-refractivity contribution in [3.05, 3.63) is 11.9 Å². The minimum Gasteiger partial charge on any atom is -0.480 e. The molecule has 0 aliphatic carbocycles. The van der Waals surface area contributed by atoms with Crippen LogP contribution in [0.1, 0.15) is 31.4 Å². The van der Waals surface area contributed by atoms with Gasteiger partial charge in [0.05, 0.1) is 12.7 Å². The van der Waals surface area contributed by atoms with Gasteiger partial charge in [-0.3, -0.25) is 9.59 Å². The number of carbonyl (C=O) groups excluding carboxylic acids is 1. The van der Waals surface area contributed by atoms with Crippen molar-refractivity contribution in [2.75, 3.05) is 13.1 Å². The van der Waals surface area contributed by atoms with Gasteiger partial charge in [-0.15, -0.1) is 5.10 Å². The number of hydrogen-bond acceptors (Lipinski definition) is 5. The quantitative estimate of drug-likeness (QED) is 0.640. The third-order valence-electron chi connectivity index (χ3n) is 3.53.